The second kappa shape index (κ2) is 15.9. The monoisotopic (exact) mass is 474 g/mol. The van der Waals surface area contributed by atoms with Crippen LogP contribution in [-0.4, -0.2) is 25.0 Å². The minimum absolute atomic E-state index is 0. The molecule has 0 saturated heterocycles. The molecule has 0 radical (unpaired) electrons. The number of halogens is 1. The van der Waals surface area contributed by atoms with Crippen molar-refractivity contribution in [1.82, 2.24) is 10.6 Å². The summed E-state index contributed by atoms with van der Waals surface area (Å²) in [5.74, 6) is 0.427. The van der Waals surface area contributed by atoms with E-state index in [0.29, 0.717) is 24.6 Å². The molecule has 0 aliphatic heterocycles. The van der Waals surface area contributed by atoms with Crippen LogP contribution in [-0.2, 0) is 6.54 Å². The Balaban J connectivity index is 0.00000625. The molecule has 0 atom stereocenters. The van der Waals surface area contributed by atoms with Crippen LogP contribution in [0, 0.1) is 0 Å². The fourth-order valence-corrected chi connectivity index (χ4v) is 2.51. The first-order valence-corrected chi connectivity index (χ1v) is 9.58. The fraction of sp³-hybridized carbons (Fsp3) is 0.600. The SMILES string of the molecule is CCCCCCCCNC(N)=NCc1cccc(C(=O)NCCC)c1.I. The van der Waals surface area contributed by atoms with Crippen molar-refractivity contribution in [3.63, 3.8) is 0 Å². The van der Waals surface area contributed by atoms with Gasteiger partial charge in [-0.25, -0.2) is 4.99 Å². The summed E-state index contributed by atoms with van der Waals surface area (Å²) in [6, 6.07) is 7.53. The van der Waals surface area contributed by atoms with Crippen molar-refractivity contribution in [2.24, 2.45) is 10.7 Å². The van der Waals surface area contributed by atoms with E-state index in [4.69, 9.17) is 5.73 Å². The van der Waals surface area contributed by atoms with Gasteiger partial charge in [-0.15, -0.1) is 24.0 Å². The molecule has 4 N–H and O–H groups in total. The lowest BCUT2D eigenvalue weighted by Crippen LogP contribution is -2.32. The molecule has 5 nitrogen and oxygen atoms in total. The molecule has 0 heterocycles. The summed E-state index contributed by atoms with van der Waals surface area (Å²) in [4.78, 5) is 16.3. The third-order valence-electron chi connectivity index (χ3n) is 3.99. The Kier molecular flexibility index (Phi) is 15.1. The Labute approximate surface area is 175 Å². The van der Waals surface area contributed by atoms with Gasteiger partial charge in [0.2, 0.25) is 0 Å². The number of hydrogen-bond donors (Lipinski definition) is 3. The molecule has 0 spiro atoms. The molecule has 0 aliphatic carbocycles. The number of benzene rings is 1. The van der Waals surface area contributed by atoms with Gasteiger partial charge in [0.15, 0.2) is 5.96 Å². The van der Waals surface area contributed by atoms with Crippen molar-refractivity contribution < 1.29 is 4.79 Å². The van der Waals surface area contributed by atoms with Gasteiger partial charge < -0.3 is 16.4 Å². The lowest BCUT2D eigenvalue weighted by Gasteiger charge is -2.07. The average Bonchev–Trinajstić information content (AvgIpc) is 2.64. The highest BCUT2D eigenvalue weighted by Crippen LogP contribution is 2.07. The largest absolute Gasteiger partial charge is 0.370 e. The molecule has 1 aromatic rings. The predicted octanol–water partition coefficient (Wildman–Crippen LogP) is 4.21. The highest BCUT2D eigenvalue weighted by atomic mass is 127. The predicted molar refractivity (Wildman–Crippen MR) is 121 cm³/mol. The number of unbranched alkanes of at least 4 members (excludes halogenated alkanes) is 5. The number of carbonyl (C=O) groups excluding carboxylic acids is 1. The summed E-state index contributed by atoms with van der Waals surface area (Å²) in [5, 5.41) is 6.04. The normalized spacial score (nSPS) is 10.9. The number of nitrogens with zero attached hydrogens (tertiary/aromatic N) is 1. The second-order valence-corrected chi connectivity index (χ2v) is 6.35. The Bertz CT molecular complexity index is 534. The number of hydrogen-bond acceptors (Lipinski definition) is 2. The molecule has 1 rings (SSSR count). The number of nitrogens with two attached hydrogens (primary N) is 1. The number of guanidine groups is 1. The number of aliphatic imine (C=N–C) groups is 1. The standard InChI is InChI=1S/C20H34N4O.HI/c1-3-5-6-7-8-9-14-23-20(21)24-16-17-11-10-12-18(15-17)19(25)22-13-4-2;/h10-12,15H,3-9,13-14,16H2,1-2H3,(H,22,25)(H3,21,23,24);1H. The van der Waals surface area contributed by atoms with E-state index >= 15 is 0 Å². The molecule has 148 valence electrons. The van der Waals surface area contributed by atoms with Crippen molar-refractivity contribution in [3.05, 3.63) is 35.4 Å². The van der Waals surface area contributed by atoms with Gasteiger partial charge in [-0.3, -0.25) is 4.79 Å². The van der Waals surface area contributed by atoms with Crippen LogP contribution in [0.2, 0.25) is 0 Å². The summed E-state index contributed by atoms with van der Waals surface area (Å²) < 4.78 is 0. The van der Waals surface area contributed by atoms with Gasteiger partial charge in [0.05, 0.1) is 6.54 Å². The summed E-state index contributed by atoms with van der Waals surface area (Å²) in [7, 11) is 0. The van der Waals surface area contributed by atoms with E-state index in [2.05, 4.69) is 22.5 Å². The smallest absolute Gasteiger partial charge is 0.251 e. The van der Waals surface area contributed by atoms with E-state index < -0.39 is 0 Å². The zero-order valence-electron chi connectivity index (χ0n) is 16.2. The van der Waals surface area contributed by atoms with Crippen LogP contribution in [0.4, 0.5) is 0 Å². The Morgan fingerprint density at radius 2 is 1.73 bits per heavy atom. The number of nitrogens with one attached hydrogen (secondary N) is 2. The number of carbonyl (C=O) groups is 1. The molecule has 1 aromatic carbocycles. The van der Waals surface area contributed by atoms with Crippen molar-refractivity contribution >= 4 is 35.8 Å². The Morgan fingerprint density at radius 3 is 2.46 bits per heavy atom. The lowest BCUT2D eigenvalue weighted by atomic mass is 10.1. The van der Waals surface area contributed by atoms with Crippen molar-refractivity contribution in [2.45, 2.75) is 65.3 Å². The zero-order valence-corrected chi connectivity index (χ0v) is 18.6. The summed E-state index contributed by atoms with van der Waals surface area (Å²) in [6.45, 7) is 6.29. The molecule has 0 aromatic heterocycles. The van der Waals surface area contributed by atoms with Gasteiger partial charge in [0.1, 0.15) is 0 Å². The zero-order chi connectivity index (χ0) is 18.3. The third kappa shape index (κ3) is 11.3. The number of amides is 1. The molecule has 6 heteroatoms. The van der Waals surface area contributed by atoms with Gasteiger partial charge in [-0.1, -0.05) is 58.1 Å². The molecule has 1 amide bonds. The number of rotatable bonds is 12. The minimum Gasteiger partial charge on any atom is -0.370 e. The van der Waals surface area contributed by atoms with Gasteiger partial charge in [-0.2, -0.15) is 0 Å². The fourth-order valence-electron chi connectivity index (χ4n) is 2.51. The maximum absolute atomic E-state index is 12.0. The highest BCUT2D eigenvalue weighted by molar-refractivity contribution is 14.0. The topological polar surface area (TPSA) is 79.5 Å². The van der Waals surface area contributed by atoms with Crippen LogP contribution in [0.15, 0.2) is 29.3 Å². The molecule has 0 unspecified atom stereocenters. The molecular weight excluding hydrogens is 439 g/mol. The van der Waals surface area contributed by atoms with E-state index in [1.807, 2.05) is 31.2 Å². The summed E-state index contributed by atoms with van der Waals surface area (Å²) in [6.07, 6.45) is 8.49. The van der Waals surface area contributed by atoms with Crippen LogP contribution in [0.5, 0.6) is 0 Å². The van der Waals surface area contributed by atoms with Crippen LogP contribution < -0.4 is 16.4 Å². The molecule has 0 fully saturated rings. The third-order valence-corrected chi connectivity index (χ3v) is 3.99. The Hall–Kier alpha value is -1.31. The molecule has 0 bridgehead atoms. The first-order chi connectivity index (χ1) is 12.2. The van der Waals surface area contributed by atoms with E-state index in [9.17, 15) is 4.79 Å². The average molecular weight is 474 g/mol. The van der Waals surface area contributed by atoms with Gasteiger partial charge in [0, 0.05) is 18.7 Å². The van der Waals surface area contributed by atoms with Crippen molar-refractivity contribution in [1.29, 1.82) is 0 Å². The summed E-state index contributed by atoms with van der Waals surface area (Å²) >= 11 is 0. The van der Waals surface area contributed by atoms with Gasteiger partial charge >= 0.3 is 0 Å². The highest BCUT2D eigenvalue weighted by Gasteiger charge is 2.05. The van der Waals surface area contributed by atoms with E-state index in [0.717, 1.165) is 24.9 Å². The first kappa shape index (κ1) is 24.7. The molecule has 0 aliphatic rings. The van der Waals surface area contributed by atoms with Gasteiger partial charge in [0.25, 0.3) is 5.91 Å². The molecular formula is C20H35IN4O. The van der Waals surface area contributed by atoms with Crippen LogP contribution in [0.1, 0.15) is 74.7 Å². The van der Waals surface area contributed by atoms with Crippen LogP contribution >= 0.6 is 24.0 Å². The maximum Gasteiger partial charge on any atom is 0.251 e. The molecule has 26 heavy (non-hydrogen) atoms. The summed E-state index contributed by atoms with van der Waals surface area (Å²) in [5.41, 5.74) is 7.55. The second-order valence-electron chi connectivity index (χ2n) is 6.35. The maximum atomic E-state index is 12.0. The van der Waals surface area contributed by atoms with Crippen molar-refractivity contribution in [2.75, 3.05) is 13.1 Å². The lowest BCUT2D eigenvalue weighted by molar-refractivity contribution is 0.0953. The van der Waals surface area contributed by atoms with Gasteiger partial charge in [-0.05, 0) is 30.5 Å². The molecule has 0 saturated carbocycles. The van der Waals surface area contributed by atoms with E-state index in [1.54, 1.807) is 0 Å². The van der Waals surface area contributed by atoms with E-state index in [-0.39, 0.29) is 29.9 Å². The van der Waals surface area contributed by atoms with E-state index in [1.165, 1.54) is 32.1 Å². The Morgan fingerprint density at radius 1 is 1.00 bits per heavy atom. The van der Waals surface area contributed by atoms with Crippen LogP contribution in [0.25, 0.3) is 0 Å². The minimum atomic E-state index is -0.0400. The van der Waals surface area contributed by atoms with Crippen LogP contribution in [0.3, 0.4) is 0 Å². The quantitative estimate of drug-likeness (QED) is 0.184. The van der Waals surface area contributed by atoms with Crippen molar-refractivity contribution in [3.8, 4) is 0 Å². The first-order valence-electron chi connectivity index (χ1n) is 9.58.